The second-order valence-corrected chi connectivity index (χ2v) is 3.17. The van der Waals surface area contributed by atoms with Crippen LogP contribution in [0, 0.1) is 0 Å². The maximum absolute atomic E-state index is 11.5. The van der Waals surface area contributed by atoms with Crippen molar-refractivity contribution in [3.63, 3.8) is 0 Å². The number of esters is 1. The monoisotopic (exact) mass is 212 g/mol. The van der Waals surface area contributed by atoms with Crippen LogP contribution in [0.15, 0.2) is 12.2 Å². The van der Waals surface area contributed by atoms with Gasteiger partial charge in [0.15, 0.2) is 0 Å². The smallest absolute Gasteiger partial charge is 0.325 e. The van der Waals surface area contributed by atoms with Gasteiger partial charge in [0.25, 0.3) is 0 Å². The summed E-state index contributed by atoms with van der Waals surface area (Å²) in [6.45, 7) is 3.31. The summed E-state index contributed by atoms with van der Waals surface area (Å²) in [7, 11) is 0. The molecule has 84 valence electrons. The fourth-order valence-electron chi connectivity index (χ4n) is 1.30. The third-order valence-corrected chi connectivity index (χ3v) is 2.03. The SMILES string of the molecule is CCOC(=O)CNC(=O)N1CC=CCC1. The molecule has 1 rings (SSSR count). The number of rotatable bonds is 3. The Kier molecular flexibility index (Phi) is 4.66. The molecule has 5 nitrogen and oxygen atoms in total. The maximum Gasteiger partial charge on any atom is 0.325 e. The van der Waals surface area contributed by atoms with Crippen LogP contribution in [-0.4, -0.2) is 43.1 Å². The minimum atomic E-state index is -0.404. The Bertz CT molecular complexity index is 263. The van der Waals surface area contributed by atoms with Gasteiger partial charge in [-0.05, 0) is 13.3 Å². The zero-order chi connectivity index (χ0) is 11.1. The Morgan fingerprint density at radius 2 is 2.27 bits per heavy atom. The number of carbonyl (C=O) groups excluding carboxylic acids is 2. The molecule has 0 saturated carbocycles. The van der Waals surface area contributed by atoms with E-state index in [1.54, 1.807) is 11.8 Å². The highest BCUT2D eigenvalue weighted by molar-refractivity contribution is 5.81. The second-order valence-electron chi connectivity index (χ2n) is 3.17. The number of hydrogen-bond acceptors (Lipinski definition) is 3. The highest BCUT2D eigenvalue weighted by Crippen LogP contribution is 2.00. The van der Waals surface area contributed by atoms with E-state index < -0.39 is 5.97 Å². The molecule has 1 aliphatic heterocycles. The number of nitrogens with one attached hydrogen (secondary N) is 1. The predicted octanol–water partition coefficient (Wildman–Crippen LogP) is 0.521. The summed E-state index contributed by atoms with van der Waals surface area (Å²) in [5, 5.41) is 2.52. The summed E-state index contributed by atoms with van der Waals surface area (Å²) in [5.41, 5.74) is 0. The Labute approximate surface area is 89.1 Å². The molecular weight excluding hydrogens is 196 g/mol. The van der Waals surface area contributed by atoms with Gasteiger partial charge in [-0.25, -0.2) is 4.79 Å². The summed E-state index contributed by atoms with van der Waals surface area (Å²) in [4.78, 5) is 24.1. The Balaban J connectivity index is 2.23. The van der Waals surface area contributed by atoms with Gasteiger partial charge in [0.1, 0.15) is 6.54 Å². The first-order chi connectivity index (χ1) is 7.24. The highest BCUT2D eigenvalue weighted by Gasteiger charge is 2.14. The molecule has 0 atom stereocenters. The van der Waals surface area contributed by atoms with Gasteiger partial charge >= 0.3 is 12.0 Å². The lowest BCUT2D eigenvalue weighted by Gasteiger charge is -2.23. The average molecular weight is 212 g/mol. The van der Waals surface area contributed by atoms with Crippen LogP contribution in [0.5, 0.6) is 0 Å². The lowest BCUT2D eigenvalue weighted by molar-refractivity contribution is -0.141. The second kappa shape index (κ2) is 6.06. The van der Waals surface area contributed by atoms with Gasteiger partial charge in [0.05, 0.1) is 6.61 Å². The van der Waals surface area contributed by atoms with Crippen LogP contribution in [-0.2, 0) is 9.53 Å². The summed E-state index contributed by atoms with van der Waals surface area (Å²) in [6, 6.07) is -0.215. The van der Waals surface area contributed by atoms with Gasteiger partial charge in [-0.3, -0.25) is 4.79 Å². The third kappa shape index (κ3) is 4.01. The van der Waals surface area contributed by atoms with Crippen LogP contribution in [0.4, 0.5) is 4.79 Å². The molecule has 2 amide bonds. The van der Waals surface area contributed by atoms with Gasteiger partial charge in [-0.2, -0.15) is 0 Å². The molecule has 0 radical (unpaired) electrons. The molecule has 0 bridgehead atoms. The van der Waals surface area contributed by atoms with Crippen molar-refractivity contribution in [3.05, 3.63) is 12.2 Å². The van der Waals surface area contributed by atoms with E-state index in [1.165, 1.54) is 0 Å². The number of ether oxygens (including phenoxy) is 1. The first kappa shape index (κ1) is 11.6. The molecule has 0 fully saturated rings. The van der Waals surface area contributed by atoms with Gasteiger partial charge in [-0.1, -0.05) is 12.2 Å². The van der Waals surface area contributed by atoms with Crippen molar-refractivity contribution >= 4 is 12.0 Å². The molecule has 1 heterocycles. The van der Waals surface area contributed by atoms with E-state index in [4.69, 9.17) is 4.74 Å². The van der Waals surface area contributed by atoms with Gasteiger partial charge in [0.2, 0.25) is 0 Å². The number of urea groups is 1. The minimum Gasteiger partial charge on any atom is -0.465 e. The van der Waals surface area contributed by atoms with Crippen LogP contribution in [0.2, 0.25) is 0 Å². The van der Waals surface area contributed by atoms with E-state index in [1.807, 2.05) is 12.2 Å². The standard InChI is InChI=1S/C10H16N2O3/c1-2-15-9(13)8-11-10(14)12-6-4-3-5-7-12/h3-4H,2,5-8H2,1H3,(H,11,14). The van der Waals surface area contributed by atoms with Gasteiger partial charge in [0, 0.05) is 13.1 Å². The number of carbonyl (C=O) groups is 2. The average Bonchev–Trinajstić information content (AvgIpc) is 2.27. The molecule has 1 N–H and O–H groups in total. The van der Waals surface area contributed by atoms with Crippen LogP contribution in [0.1, 0.15) is 13.3 Å². The van der Waals surface area contributed by atoms with E-state index in [0.717, 1.165) is 6.42 Å². The lowest BCUT2D eigenvalue weighted by atomic mass is 10.3. The predicted molar refractivity (Wildman–Crippen MR) is 55.4 cm³/mol. The molecular formula is C10H16N2O3. The molecule has 5 heteroatoms. The molecule has 0 aromatic heterocycles. The number of amides is 2. The third-order valence-electron chi connectivity index (χ3n) is 2.03. The fourth-order valence-corrected chi connectivity index (χ4v) is 1.30. The molecule has 1 aliphatic rings. The first-order valence-electron chi connectivity index (χ1n) is 5.07. The maximum atomic E-state index is 11.5. The molecule has 0 saturated heterocycles. The Morgan fingerprint density at radius 3 is 2.87 bits per heavy atom. The first-order valence-corrected chi connectivity index (χ1v) is 5.07. The van der Waals surface area contributed by atoms with Crippen molar-refractivity contribution in [3.8, 4) is 0 Å². The van der Waals surface area contributed by atoms with Crippen molar-refractivity contribution in [1.29, 1.82) is 0 Å². The summed E-state index contributed by atoms with van der Waals surface area (Å²) < 4.78 is 4.69. The summed E-state index contributed by atoms with van der Waals surface area (Å²) in [6.07, 6.45) is 4.84. The normalized spacial score (nSPS) is 14.9. The number of hydrogen-bond donors (Lipinski definition) is 1. The van der Waals surface area contributed by atoms with Crippen molar-refractivity contribution < 1.29 is 14.3 Å². The van der Waals surface area contributed by atoms with Gasteiger partial charge in [-0.15, -0.1) is 0 Å². The molecule has 0 aromatic rings. The Morgan fingerprint density at radius 1 is 1.47 bits per heavy atom. The zero-order valence-corrected chi connectivity index (χ0v) is 8.86. The molecule has 0 aromatic carbocycles. The topological polar surface area (TPSA) is 58.6 Å². The Hall–Kier alpha value is -1.52. The van der Waals surface area contributed by atoms with Crippen LogP contribution < -0.4 is 5.32 Å². The van der Waals surface area contributed by atoms with Gasteiger partial charge < -0.3 is 15.0 Å². The molecule has 15 heavy (non-hydrogen) atoms. The lowest BCUT2D eigenvalue weighted by Crippen LogP contribution is -2.43. The molecule has 0 spiro atoms. The van der Waals surface area contributed by atoms with E-state index >= 15 is 0 Å². The van der Waals surface area contributed by atoms with Crippen LogP contribution >= 0.6 is 0 Å². The quantitative estimate of drug-likeness (QED) is 0.548. The van der Waals surface area contributed by atoms with Crippen molar-refractivity contribution in [2.45, 2.75) is 13.3 Å². The van der Waals surface area contributed by atoms with Crippen molar-refractivity contribution in [2.24, 2.45) is 0 Å². The zero-order valence-electron chi connectivity index (χ0n) is 8.86. The largest absolute Gasteiger partial charge is 0.465 e. The summed E-state index contributed by atoms with van der Waals surface area (Å²) in [5.74, 6) is -0.404. The highest BCUT2D eigenvalue weighted by atomic mass is 16.5. The number of nitrogens with zero attached hydrogens (tertiary/aromatic N) is 1. The van der Waals surface area contributed by atoms with Crippen LogP contribution in [0.25, 0.3) is 0 Å². The van der Waals surface area contributed by atoms with E-state index in [2.05, 4.69) is 5.32 Å². The fraction of sp³-hybridized carbons (Fsp3) is 0.600. The minimum absolute atomic E-state index is 0.0626. The molecule has 0 aliphatic carbocycles. The van der Waals surface area contributed by atoms with Crippen molar-refractivity contribution in [1.82, 2.24) is 10.2 Å². The van der Waals surface area contributed by atoms with Crippen LogP contribution in [0.3, 0.4) is 0 Å². The van der Waals surface area contributed by atoms with E-state index in [0.29, 0.717) is 19.7 Å². The van der Waals surface area contributed by atoms with E-state index in [-0.39, 0.29) is 12.6 Å². The van der Waals surface area contributed by atoms with Crippen molar-refractivity contribution in [2.75, 3.05) is 26.2 Å². The summed E-state index contributed by atoms with van der Waals surface area (Å²) >= 11 is 0. The molecule has 0 unspecified atom stereocenters. The van der Waals surface area contributed by atoms with E-state index in [9.17, 15) is 9.59 Å².